The van der Waals surface area contributed by atoms with Gasteiger partial charge in [0, 0.05) is 5.39 Å². The van der Waals surface area contributed by atoms with Crippen molar-refractivity contribution < 1.29 is 19.0 Å². The molecule has 0 saturated carbocycles. The Kier molecular flexibility index (Phi) is 8.13. The van der Waals surface area contributed by atoms with Crippen molar-refractivity contribution in [1.29, 1.82) is 0 Å². The number of carbonyl (C=O) groups excluding carboxylic acids is 1. The van der Waals surface area contributed by atoms with E-state index in [1.54, 1.807) is 18.4 Å². The van der Waals surface area contributed by atoms with Crippen molar-refractivity contribution in [2.24, 2.45) is 4.99 Å². The van der Waals surface area contributed by atoms with Crippen molar-refractivity contribution in [3.63, 3.8) is 0 Å². The predicted molar refractivity (Wildman–Crippen MR) is 162 cm³/mol. The lowest BCUT2D eigenvalue weighted by Crippen LogP contribution is -2.39. The van der Waals surface area contributed by atoms with Gasteiger partial charge in [0.25, 0.3) is 5.56 Å². The van der Waals surface area contributed by atoms with Gasteiger partial charge in [-0.15, -0.1) is 0 Å². The monoisotopic (exact) mass is 570 g/mol. The Balaban J connectivity index is 1.68. The third kappa shape index (κ3) is 5.70. The van der Waals surface area contributed by atoms with Crippen molar-refractivity contribution in [2.75, 3.05) is 6.61 Å². The molecule has 5 rings (SSSR count). The molecular formula is C33H34N2O5S. The summed E-state index contributed by atoms with van der Waals surface area (Å²) < 4.78 is 19.4. The molecule has 0 fully saturated rings. The normalized spacial score (nSPS) is 15.3. The van der Waals surface area contributed by atoms with Gasteiger partial charge in [0.1, 0.15) is 11.5 Å². The summed E-state index contributed by atoms with van der Waals surface area (Å²) in [7, 11) is 0. The number of aromatic nitrogens is 1. The molecule has 8 heteroatoms. The first-order chi connectivity index (χ1) is 19.7. The van der Waals surface area contributed by atoms with Gasteiger partial charge in [0.2, 0.25) is 0 Å². The smallest absolute Gasteiger partial charge is 0.338 e. The Morgan fingerprint density at radius 1 is 0.976 bits per heavy atom. The number of carbonyl (C=O) groups is 1. The summed E-state index contributed by atoms with van der Waals surface area (Å²) in [5, 5.41) is 1.96. The molecule has 1 aliphatic rings. The predicted octanol–water partition coefficient (Wildman–Crippen LogP) is 5.53. The number of nitrogens with zero attached hydrogens (tertiary/aromatic N) is 2. The molecule has 4 aromatic rings. The lowest BCUT2D eigenvalue weighted by molar-refractivity contribution is -0.139. The fraction of sp³-hybridized carbons (Fsp3) is 0.303. The second kappa shape index (κ2) is 11.7. The van der Waals surface area contributed by atoms with E-state index in [9.17, 15) is 9.59 Å². The van der Waals surface area contributed by atoms with Crippen LogP contribution in [-0.2, 0) is 9.53 Å². The van der Waals surface area contributed by atoms with Gasteiger partial charge in [-0.25, -0.2) is 9.79 Å². The molecule has 1 aliphatic heterocycles. The maximum atomic E-state index is 14.1. The van der Waals surface area contributed by atoms with Crippen LogP contribution in [0.4, 0.5) is 0 Å². The summed E-state index contributed by atoms with van der Waals surface area (Å²) in [6.45, 7) is 11.7. The molecule has 0 amide bonds. The minimum atomic E-state index is -0.681. The van der Waals surface area contributed by atoms with Crippen LogP contribution < -0.4 is 24.4 Å². The van der Waals surface area contributed by atoms with E-state index in [1.165, 1.54) is 11.3 Å². The number of rotatable bonds is 8. The maximum Gasteiger partial charge on any atom is 0.338 e. The molecule has 0 unspecified atom stereocenters. The fourth-order valence-electron chi connectivity index (χ4n) is 5.03. The number of hydrogen-bond donors (Lipinski definition) is 0. The Morgan fingerprint density at radius 2 is 1.66 bits per heavy atom. The van der Waals surface area contributed by atoms with Gasteiger partial charge in [-0.05, 0) is 82.3 Å². The third-order valence-corrected chi connectivity index (χ3v) is 7.63. The van der Waals surface area contributed by atoms with Crippen molar-refractivity contribution in [3.05, 3.63) is 103 Å². The highest BCUT2D eigenvalue weighted by Gasteiger charge is 2.33. The molecule has 0 radical (unpaired) electrons. The summed E-state index contributed by atoms with van der Waals surface area (Å²) in [6, 6.07) is 18.7. The Hall–Kier alpha value is -4.17. The largest absolute Gasteiger partial charge is 0.491 e. The van der Waals surface area contributed by atoms with Crippen molar-refractivity contribution in [2.45, 2.75) is 59.8 Å². The second-order valence-corrected chi connectivity index (χ2v) is 11.4. The highest BCUT2D eigenvalue weighted by Crippen LogP contribution is 2.32. The van der Waals surface area contributed by atoms with Crippen LogP contribution >= 0.6 is 11.3 Å². The van der Waals surface area contributed by atoms with Crippen molar-refractivity contribution in [1.82, 2.24) is 4.57 Å². The topological polar surface area (TPSA) is 79.1 Å². The number of fused-ring (bicyclic) bond motifs is 2. The number of hydrogen-bond acceptors (Lipinski definition) is 7. The molecule has 212 valence electrons. The summed E-state index contributed by atoms with van der Waals surface area (Å²) in [6.07, 6.45) is 1.96. The van der Waals surface area contributed by atoms with Crippen LogP contribution in [0.25, 0.3) is 16.8 Å². The van der Waals surface area contributed by atoms with E-state index in [2.05, 4.69) is 0 Å². The van der Waals surface area contributed by atoms with Gasteiger partial charge in [0.05, 0.1) is 40.7 Å². The van der Waals surface area contributed by atoms with Crippen LogP contribution in [0.15, 0.2) is 81.7 Å². The van der Waals surface area contributed by atoms with Gasteiger partial charge < -0.3 is 14.2 Å². The SMILES string of the molecule is CCOC(=O)C1=C(C)N=c2s/c(=C/c3ccc(OC(C)C)c4ccccc34)c(=O)n2[C@@H]1c1ccc(OC(C)C)cc1. The zero-order valence-corrected chi connectivity index (χ0v) is 25.0. The molecule has 0 aliphatic carbocycles. The van der Waals surface area contributed by atoms with Crippen LogP contribution in [0.3, 0.4) is 0 Å². The summed E-state index contributed by atoms with van der Waals surface area (Å²) >= 11 is 1.31. The van der Waals surface area contributed by atoms with Crippen molar-refractivity contribution >= 4 is 34.2 Å². The Bertz CT molecular complexity index is 1810. The van der Waals surface area contributed by atoms with Crippen LogP contribution in [0.5, 0.6) is 11.5 Å². The average Bonchev–Trinajstić information content (AvgIpc) is 3.23. The molecule has 1 aromatic heterocycles. The van der Waals surface area contributed by atoms with Crippen LogP contribution in [0.2, 0.25) is 0 Å². The molecule has 0 N–H and O–H groups in total. The summed E-state index contributed by atoms with van der Waals surface area (Å²) in [5.41, 5.74) is 2.33. The van der Waals surface area contributed by atoms with E-state index in [0.29, 0.717) is 26.4 Å². The molecule has 1 atom stereocenters. The quantitative estimate of drug-likeness (QED) is 0.261. The molecule has 0 bridgehead atoms. The van der Waals surface area contributed by atoms with Crippen molar-refractivity contribution in [3.8, 4) is 11.5 Å². The standard InChI is InChI=1S/C33H34N2O5S/c1-7-38-32(37)29-21(6)34-33-35(30(29)22-12-15-24(16-13-22)39-19(2)3)31(36)28(41-33)18-23-14-17-27(40-20(4)5)26-11-9-8-10-25(23)26/h8-20,30H,7H2,1-6H3/b28-18+/t30-/m1/s1. The van der Waals surface area contributed by atoms with E-state index >= 15 is 0 Å². The highest BCUT2D eigenvalue weighted by atomic mass is 32.1. The average molecular weight is 571 g/mol. The first-order valence-electron chi connectivity index (χ1n) is 13.8. The van der Waals surface area contributed by atoms with Gasteiger partial charge in [-0.2, -0.15) is 0 Å². The zero-order chi connectivity index (χ0) is 29.3. The molecule has 3 aromatic carbocycles. The molecule has 0 spiro atoms. The highest BCUT2D eigenvalue weighted by molar-refractivity contribution is 7.07. The lowest BCUT2D eigenvalue weighted by Gasteiger charge is -2.25. The zero-order valence-electron chi connectivity index (χ0n) is 24.1. The molecule has 2 heterocycles. The number of benzene rings is 3. The number of allylic oxidation sites excluding steroid dienone is 1. The fourth-order valence-corrected chi connectivity index (χ4v) is 6.06. The van der Waals surface area contributed by atoms with Gasteiger partial charge in [0.15, 0.2) is 4.80 Å². The number of thiazole rings is 1. The molecule has 41 heavy (non-hydrogen) atoms. The second-order valence-electron chi connectivity index (χ2n) is 10.4. The maximum absolute atomic E-state index is 14.1. The van der Waals surface area contributed by atoms with E-state index in [1.807, 2.05) is 94.4 Å². The lowest BCUT2D eigenvalue weighted by atomic mass is 9.96. The van der Waals surface area contributed by atoms with Crippen LogP contribution in [0, 0.1) is 0 Å². The Labute approximate surface area is 243 Å². The minimum absolute atomic E-state index is 0.0258. The van der Waals surface area contributed by atoms with Gasteiger partial charge >= 0.3 is 5.97 Å². The van der Waals surface area contributed by atoms with E-state index < -0.39 is 12.0 Å². The first kappa shape index (κ1) is 28.4. The first-order valence-corrected chi connectivity index (χ1v) is 14.6. The van der Waals surface area contributed by atoms with Gasteiger partial charge in [-0.3, -0.25) is 9.36 Å². The Morgan fingerprint density at radius 3 is 2.32 bits per heavy atom. The van der Waals surface area contributed by atoms with Crippen LogP contribution in [0.1, 0.15) is 58.7 Å². The molecule has 0 saturated heterocycles. The molecular weight excluding hydrogens is 536 g/mol. The number of esters is 1. The van der Waals surface area contributed by atoms with E-state index in [0.717, 1.165) is 27.6 Å². The number of ether oxygens (including phenoxy) is 3. The third-order valence-electron chi connectivity index (χ3n) is 6.65. The van der Waals surface area contributed by atoms with Crippen LogP contribution in [-0.4, -0.2) is 29.4 Å². The summed E-state index contributed by atoms with van der Waals surface area (Å²) in [5.74, 6) is 1.03. The summed E-state index contributed by atoms with van der Waals surface area (Å²) in [4.78, 5) is 32.5. The molecule has 7 nitrogen and oxygen atoms in total. The van der Waals surface area contributed by atoms with E-state index in [-0.39, 0.29) is 24.4 Å². The van der Waals surface area contributed by atoms with Gasteiger partial charge in [-0.1, -0.05) is 53.8 Å². The van der Waals surface area contributed by atoms with E-state index in [4.69, 9.17) is 19.2 Å². The minimum Gasteiger partial charge on any atom is -0.491 e.